The minimum atomic E-state index is -5.61. The van der Waals surface area contributed by atoms with E-state index in [0.717, 1.165) is 49.9 Å². The summed E-state index contributed by atoms with van der Waals surface area (Å²) in [6.45, 7) is 0.655. The lowest BCUT2D eigenvalue weighted by molar-refractivity contribution is -0.122. The highest BCUT2D eigenvalue weighted by Gasteiger charge is 2.52. The van der Waals surface area contributed by atoms with Crippen molar-refractivity contribution in [1.29, 1.82) is 0 Å². The number of hydrogen-bond acceptors (Lipinski definition) is 7. The van der Waals surface area contributed by atoms with E-state index in [1.54, 1.807) is 7.11 Å². The number of halogens is 4. The molecule has 3 fully saturated rings. The van der Waals surface area contributed by atoms with Crippen LogP contribution in [0.5, 0.6) is 11.5 Å². The van der Waals surface area contributed by atoms with Gasteiger partial charge in [-0.3, -0.25) is 9.59 Å². The quantitative estimate of drug-likeness (QED) is 0.325. The molecule has 2 N–H and O–H groups in total. The lowest BCUT2D eigenvalue weighted by atomic mass is 9.83. The van der Waals surface area contributed by atoms with E-state index in [9.17, 15) is 35.6 Å². The van der Waals surface area contributed by atoms with Gasteiger partial charge in [0.15, 0.2) is 11.6 Å². The standard InChI is InChI=1S/C31H36F4N2O7S/c1-42-16-17-6-10-21(11-7-17)44-26-14-23(25(43-2)15-24(26)32)29(38)37-28-19-9-8-18(12-19)27(28)30(39)36-20-4-3-5-22(13-20)45(40,41)31(33,34)35/h3-5,13-15,17-19,21,27-28H,6-12,16H2,1-2H3,(H,36,39)(H,37,38)/t17?,18-,19+,21?,27-,28+/m0/s1. The van der Waals surface area contributed by atoms with Crippen molar-refractivity contribution in [3.05, 3.63) is 47.8 Å². The van der Waals surface area contributed by atoms with Gasteiger partial charge >= 0.3 is 5.51 Å². The van der Waals surface area contributed by atoms with Crippen molar-refractivity contribution in [3.63, 3.8) is 0 Å². The zero-order chi connectivity index (χ0) is 32.5. The number of carbonyl (C=O) groups is 2. The number of alkyl halides is 3. The summed E-state index contributed by atoms with van der Waals surface area (Å²) in [5.74, 6) is -2.32. The van der Waals surface area contributed by atoms with E-state index in [2.05, 4.69) is 10.6 Å². The van der Waals surface area contributed by atoms with Crippen LogP contribution in [0.4, 0.5) is 23.2 Å². The minimum Gasteiger partial charge on any atom is -0.496 e. The molecule has 2 bridgehead atoms. The van der Waals surface area contributed by atoms with Gasteiger partial charge in [-0.25, -0.2) is 12.8 Å². The minimum absolute atomic E-state index is 0.00648. The molecule has 0 unspecified atom stereocenters. The van der Waals surface area contributed by atoms with Gasteiger partial charge in [-0.15, -0.1) is 0 Å². The van der Waals surface area contributed by atoms with Crippen LogP contribution in [0, 0.1) is 29.5 Å². The fraction of sp³-hybridized carbons (Fsp3) is 0.548. The van der Waals surface area contributed by atoms with E-state index in [-0.39, 0.29) is 40.7 Å². The molecule has 0 aliphatic heterocycles. The fourth-order valence-electron chi connectivity index (χ4n) is 7.01. The Labute approximate surface area is 258 Å². The Bertz CT molecular complexity index is 1530. The van der Waals surface area contributed by atoms with Crippen molar-refractivity contribution in [3.8, 4) is 11.5 Å². The summed E-state index contributed by atoms with van der Waals surface area (Å²) in [5, 5.41) is 5.47. The van der Waals surface area contributed by atoms with Crippen LogP contribution in [0.1, 0.15) is 55.3 Å². The first kappa shape index (κ1) is 33.0. The van der Waals surface area contributed by atoms with Crippen LogP contribution in [-0.4, -0.2) is 58.7 Å². The SMILES string of the molecule is COCC1CCC(Oc2cc(C(=O)N[C@@H]3[C@@H]4CC[C@@H](C4)[C@@H]3C(=O)Nc3cccc(S(=O)(=O)C(F)(F)F)c3)c(OC)cc2F)CC1. The summed E-state index contributed by atoms with van der Waals surface area (Å²) in [6, 6.07) is 5.75. The summed E-state index contributed by atoms with van der Waals surface area (Å²) < 4.78 is 94.5. The molecule has 14 heteroatoms. The molecule has 246 valence electrons. The van der Waals surface area contributed by atoms with Crippen LogP contribution in [-0.2, 0) is 19.4 Å². The Morgan fingerprint density at radius 3 is 2.33 bits per heavy atom. The van der Waals surface area contributed by atoms with E-state index in [4.69, 9.17) is 14.2 Å². The molecular weight excluding hydrogens is 620 g/mol. The zero-order valence-corrected chi connectivity index (χ0v) is 25.7. The highest BCUT2D eigenvalue weighted by atomic mass is 32.2. The molecule has 2 aromatic carbocycles. The van der Waals surface area contributed by atoms with Crippen LogP contribution in [0.15, 0.2) is 41.3 Å². The van der Waals surface area contributed by atoms with Gasteiger partial charge in [0.2, 0.25) is 5.91 Å². The van der Waals surface area contributed by atoms with Crippen LogP contribution in [0.25, 0.3) is 0 Å². The molecule has 0 radical (unpaired) electrons. The van der Waals surface area contributed by atoms with Crippen molar-refractivity contribution in [1.82, 2.24) is 5.32 Å². The highest BCUT2D eigenvalue weighted by molar-refractivity contribution is 7.92. The monoisotopic (exact) mass is 656 g/mol. The fourth-order valence-corrected chi connectivity index (χ4v) is 7.82. The maximum atomic E-state index is 15.0. The first-order valence-corrected chi connectivity index (χ1v) is 16.4. The number of ether oxygens (including phenoxy) is 3. The van der Waals surface area contributed by atoms with Crippen molar-refractivity contribution in [2.24, 2.45) is 23.7 Å². The average molecular weight is 657 g/mol. The Morgan fingerprint density at radius 2 is 1.67 bits per heavy atom. The summed E-state index contributed by atoms with van der Waals surface area (Å²) in [5.41, 5.74) is -5.57. The summed E-state index contributed by atoms with van der Waals surface area (Å²) in [4.78, 5) is 26.1. The van der Waals surface area contributed by atoms with Gasteiger partial charge in [-0.1, -0.05) is 6.07 Å². The number of benzene rings is 2. The molecule has 9 nitrogen and oxygen atoms in total. The second kappa shape index (κ2) is 13.1. The molecule has 0 heterocycles. The lowest BCUT2D eigenvalue weighted by Gasteiger charge is -2.31. The van der Waals surface area contributed by atoms with E-state index >= 15 is 0 Å². The molecule has 2 amide bonds. The number of anilines is 1. The van der Waals surface area contributed by atoms with Crippen molar-refractivity contribution in [2.45, 2.75) is 67.5 Å². The molecule has 3 saturated carbocycles. The normalized spacial score (nSPS) is 26.4. The van der Waals surface area contributed by atoms with Gasteiger partial charge in [-0.05, 0) is 87.0 Å². The largest absolute Gasteiger partial charge is 0.501 e. The van der Waals surface area contributed by atoms with Crippen molar-refractivity contribution >= 4 is 27.3 Å². The smallest absolute Gasteiger partial charge is 0.496 e. The molecule has 4 atom stereocenters. The number of hydrogen-bond donors (Lipinski definition) is 2. The summed E-state index contributed by atoms with van der Waals surface area (Å²) in [6.07, 6.45) is 5.11. The van der Waals surface area contributed by atoms with Crippen LogP contribution >= 0.6 is 0 Å². The zero-order valence-electron chi connectivity index (χ0n) is 24.9. The summed E-state index contributed by atoms with van der Waals surface area (Å²) >= 11 is 0. The van der Waals surface area contributed by atoms with Gasteiger partial charge in [0.1, 0.15) is 5.75 Å². The lowest BCUT2D eigenvalue weighted by Crippen LogP contribution is -2.48. The average Bonchev–Trinajstić information content (AvgIpc) is 3.61. The molecule has 2 aromatic rings. The number of carbonyl (C=O) groups excluding carboxylic acids is 2. The van der Waals surface area contributed by atoms with Gasteiger partial charge in [-0.2, -0.15) is 13.2 Å². The first-order valence-electron chi connectivity index (χ1n) is 14.9. The predicted octanol–water partition coefficient (Wildman–Crippen LogP) is 5.50. The molecule has 0 saturated heterocycles. The second-order valence-electron chi connectivity index (χ2n) is 12.0. The number of sulfone groups is 1. The molecule has 0 aromatic heterocycles. The second-order valence-corrected chi connectivity index (χ2v) is 14.0. The predicted molar refractivity (Wildman–Crippen MR) is 155 cm³/mol. The van der Waals surface area contributed by atoms with E-state index in [1.807, 2.05) is 0 Å². The highest BCUT2D eigenvalue weighted by Crippen LogP contribution is 2.49. The van der Waals surface area contributed by atoms with E-state index in [1.165, 1.54) is 19.2 Å². The molecule has 3 aliphatic carbocycles. The number of fused-ring (bicyclic) bond motifs is 2. The van der Waals surface area contributed by atoms with Gasteiger partial charge in [0, 0.05) is 31.5 Å². The molecular formula is C31H36F4N2O7S. The van der Waals surface area contributed by atoms with Crippen LogP contribution in [0.3, 0.4) is 0 Å². The van der Waals surface area contributed by atoms with Crippen molar-refractivity contribution in [2.75, 3.05) is 26.1 Å². The Hall–Kier alpha value is -3.39. The number of methoxy groups -OCH3 is 2. The van der Waals surface area contributed by atoms with E-state index < -0.39 is 49.8 Å². The molecule has 5 rings (SSSR count). The maximum Gasteiger partial charge on any atom is 0.501 e. The van der Waals surface area contributed by atoms with E-state index in [0.29, 0.717) is 31.8 Å². The van der Waals surface area contributed by atoms with Crippen molar-refractivity contribution < 1.29 is 49.8 Å². The first-order chi connectivity index (χ1) is 21.3. The third-order valence-electron chi connectivity index (χ3n) is 9.22. The summed E-state index contributed by atoms with van der Waals surface area (Å²) in [7, 11) is -2.64. The van der Waals surface area contributed by atoms with Gasteiger partial charge < -0.3 is 24.8 Å². The van der Waals surface area contributed by atoms with Gasteiger partial charge in [0.25, 0.3) is 15.7 Å². The molecule has 0 spiro atoms. The molecule has 45 heavy (non-hydrogen) atoms. The number of nitrogens with one attached hydrogen (secondary N) is 2. The van der Waals surface area contributed by atoms with Crippen LogP contribution in [0.2, 0.25) is 0 Å². The number of amides is 2. The Balaban J connectivity index is 1.31. The van der Waals surface area contributed by atoms with Crippen LogP contribution < -0.4 is 20.1 Å². The Morgan fingerprint density at radius 1 is 0.956 bits per heavy atom. The molecule has 3 aliphatic rings. The number of rotatable bonds is 10. The maximum absolute atomic E-state index is 15.0. The van der Waals surface area contributed by atoms with Gasteiger partial charge in [0.05, 0.1) is 29.6 Å². The Kier molecular flexibility index (Phi) is 9.64. The topological polar surface area (TPSA) is 120 Å². The third kappa shape index (κ3) is 6.91. The third-order valence-corrected chi connectivity index (χ3v) is 10.7.